The number of rotatable bonds is 8. The van der Waals surface area contributed by atoms with Gasteiger partial charge in [-0.15, -0.1) is 0 Å². The average molecular weight is 296 g/mol. The van der Waals surface area contributed by atoms with Gasteiger partial charge in [-0.1, -0.05) is 67.1 Å². The zero-order chi connectivity index (χ0) is 15.6. The summed E-state index contributed by atoms with van der Waals surface area (Å²) in [5.41, 5.74) is 7.68. The van der Waals surface area contributed by atoms with Crippen molar-refractivity contribution in [2.75, 3.05) is 6.54 Å². The van der Waals surface area contributed by atoms with E-state index < -0.39 is 0 Å². The molecule has 0 unspecified atom stereocenters. The highest BCUT2D eigenvalue weighted by atomic mass is 16.1. The molecule has 0 saturated carbocycles. The van der Waals surface area contributed by atoms with Gasteiger partial charge in [0, 0.05) is 6.42 Å². The standard InChI is InChI=1S/C19H24N2O/c20-15-9-3-8-14-18(22)21-19(16-10-4-1-5-11-16)17-12-6-2-7-13-17/h1-2,4-7,10-13,19H,3,8-9,14-15,20H2,(H,21,22). The number of carbonyl (C=O) groups excluding carboxylic acids is 1. The lowest BCUT2D eigenvalue weighted by Gasteiger charge is -2.20. The normalized spacial score (nSPS) is 10.6. The van der Waals surface area contributed by atoms with Gasteiger partial charge in [0.25, 0.3) is 0 Å². The van der Waals surface area contributed by atoms with Crippen LogP contribution in [0.5, 0.6) is 0 Å². The van der Waals surface area contributed by atoms with Crippen LogP contribution in [-0.4, -0.2) is 12.5 Å². The van der Waals surface area contributed by atoms with Gasteiger partial charge in [-0.25, -0.2) is 0 Å². The highest BCUT2D eigenvalue weighted by molar-refractivity contribution is 5.77. The zero-order valence-corrected chi connectivity index (χ0v) is 12.9. The molecule has 2 aromatic carbocycles. The minimum absolute atomic E-state index is 0.0923. The first-order chi connectivity index (χ1) is 10.8. The van der Waals surface area contributed by atoms with Crippen LogP contribution in [0.15, 0.2) is 60.7 Å². The molecule has 3 N–H and O–H groups in total. The summed E-state index contributed by atoms with van der Waals surface area (Å²) in [5.74, 6) is 0.0923. The van der Waals surface area contributed by atoms with E-state index in [2.05, 4.69) is 5.32 Å². The van der Waals surface area contributed by atoms with E-state index in [1.807, 2.05) is 60.7 Å². The molecule has 3 nitrogen and oxygen atoms in total. The van der Waals surface area contributed by atoms with Crippen LogP contribution in [0.3, 0.4) is 0 Å². The molecular formula is C19H24N2O. The van der Waals surface area contributed by atoms with E-state index in [0.717, 1.165) is 30.4 Å². The van der Waals surface area contributed by atoms with Crippen LogP contribution < -0.4 is 11.1 Å². The van der Waals surface area contributed by atoms with Gasteiger partial charge in [0.2, 0.25) is 5.91 Å². The van der Waals surface area contributed by atoms with E-state index in [4.69, 9.17) is 5.73 Å². The van der Waals surface area contributed by atoms with Gasteiger partial charge in [-0.05, 0) is 30.5 Å². The maximum Gasteiger partial charge on any atom is 0.220 e. The average Bonchev–Trinajstić information content (AvgIpc) is 2.58. The minimum Gasteiger partial charge on any atom is -0.345 e. The SMILES string of the molecule is NCCCCCC(=O)NC(c1ccccc1)c1ccccc1. The third-order valence-corrected chi connectivity index (χ3v) is 3.68. The van der Waals surface area contributed by atoms with Crippen LogP contribution in [-0.2, 0) is 4.79 Å². The topological polar surface area (TPSA) is 55.1 Å². The number of hydrogen-bond donors (Lipinski definition) is 2. The highest BCUT2D eigenvalue weighted by Crippen LogP contribution is 2.21. The van der Waals surface area contributed by atoms with Crippen LogP contribution in [0.2, 0.25) is 0 Å². The molecule has 0 saturated heterocycles. The molecule has 0 atom stereocenters. The molecule has 22 heavy (non-hydrogen) atoms. The Balaban J connectivity index is 2.04. The van der Waals surface area contributed by atoms with Crippen molar-refractivity contribution in [1.82, 2.24) is 5.32 Å². The largest absolute Gasteiger partial charge is 0.345 e. The molecule has 1 amide bonds. The van der Waals surface area contributed by atoms with E-state index in [-0.39, 0.29) is 11.9 Å². The third-order valence-electron chi connectivity index (χ3n) is 3.68. The summed E-state index contributed by atoms with van der Waals surface area (Å²) in [6.07, 6.45) is 3.43. The van der Waals surface area contributed by atoms with Crippen molar-refractivity contribution in [3.63, 3.8) is 0 Å². The van der Waals surface area contributed by atoms with Gasteiger partial charge in [-0.3, -0.25) is 4.79 Å². The summed E-state index contributed by atoms with van der Waals surface area (Å²) in [5, 5.41) is 3.16. The van der Waals surface area contributed by atoms with E-state index >= 15 is 0 Å². The lowest BCUT2D eigenvalue weighted by molar-refractivity contribution is -0.121. The van der Waals surface area contributed by atoms with Gasteiger partial charge in [0.05, 0.1) is 6.04 Å². The lowest BCUT2D eigenvalue weighted by Crippen LogP contribution is -2.29. The molecule has 0 bridgehead atoms. The first-order valence-electron chi connectivity index (χ1n) is 7.90. The van der Waals surface area contributed by atoms with Crippen LogP contribution in [0.1, 0.15) is 42.9 Å². The number of carbonyl (C=O) groups is 1. The number of unbranched alkanes of at least 4 members (excludes halogenated alkanes) is 2. The molecule has 116 valence electrons. The summed E-state index contributed by atoms with van der Waals surface area (Å²) in [7, 11) is 0. The maximum absolute atomic E-state index is 12.2. The second kappa shape index (κ2) is 9.00. The van der Waals surface area contributed by atoms with Crippen molar-refractivity contribution in [1.29, 1.82) is 0 Å². The second-order valence-electron chi connectivity index (χ2n) is 5.42. The minimum atomic E-state index is -0.0931. The van der Waals surface area contributed by atoms with Crippen molar-refractivity contribution >= 4 is 5.91 Å². The second-order valence-corrected chi connectivity index (χ2v) is 5.42. The van der Waals surface area contributed by atoms with E-state index in [1.54, 1.807) is 0 Å². The van der Waals surface area contributed by atoms with Crippen LogP contribution >= 0.6 is 0 Å². The fraction of sp³-hybridized carbons (Fsp3) is 0.316. The predicted molar refractivity (Wildman–Crippen MR) is 90.4 cm³/mol. The molecule has 0 radical (unpaired) electrons. The molecule has 0 fully saturated rings. The summed E-state index contributed by atoms with van der Waals surface area (Å²) in [6.45, 7) is 0.693. The molecule has 0 heterocycles. The Labute approximate surface area is 132 Å². The molecule has 2 rings (SSSR count). The van der Waals surface area contributed by atoms with E-state index in [1.165, 1.54) is 0 Å². The predicted octanol–water partition coefficient (Wildman–Crippen LogP) is 3.41. The summed E-state index contributed by atoms with van der Waals surface area (Å²) < 4.78 is 0. The number of nitrogens with one attached hydrogen (secondary N) is 1. The molecule has 0 aromatic heterocycles. The monoisotopic (exact) mass is 296 g/mol. The van der Waals surface area contributed by atoms with Gasteiger partial charge in [-0.2, -0.15) is 0 Å². The Hall–Kier alpha value is -2.13. The third kappa shape index (κ3) is 5.01. The fourth-order valence-electron chi connectivity index (χ4n) is 2.49. The number of nitrogens with two attached hydrogens (primary N) is 1. The molecule has 0 spiro atoms. The Morgan fingerprint density at radius 3 is 1.91 bits per heavy atom. The van der Waals surface area contributed by atoms with Gasteiger partial charge in [0.15, 0.2) is 0 Å². The van der Waals surface area contributed by atoms with E-state index in [0.29, 0.717) is 13.0 Å². The van der Waals surface area contributed by atoms with Crippen molar-refractivity contribution in [2.45, 2.75) is 31.7 Å². The van der Waals surface area contributed by atoms with Crippen molar-refractivity contribution in [2.24, 2.45) is 5.73 Å². The first-order valence-corrected chi connectivity index (χ1v) is 7.90. The maximum atomic E-state index is 12.2. The van der Waals surface area contributed by atoms with Crippen molar-refractivity contribution in [3.8, 4) is 0 Å². The molecule has 0 aliphatic carbocycles. The number of amides is 1. The Morgan fingerprint density at radius 1 is 0.864 bits per heavy atom. The zero-order valence-electron chi connectivity index (χ0n) is 12.9. The van der Waals surface area contributed by atoms with Crippen molar-refractivity contribution in [3.05, 3.63) is 71.8 Å². The quantitative estimate of drug-likeness (QED) is 0.733. The smallest absolute Gasteiger partial charge is 0.220 e. The van der Waals surface area contributed by atoms with Gasteiger partial charge in [0.1, 0.15) is 0 Å². The highest BCUT2D eigenvalue weighted by Gasteiger charge is 2.15. The van der Waals surface area contributed by atoms with Gasteiger partial charge >= 0.3 is 0 Å². The molecule has 0 aliphatic rings. The van der Waals surface area contributed by atoms with Crippen LogP contribution in [0.4, 0.5) is 0 Å². The number of hydrogen-bond acceptors (Lipinski definition) is 2. The van der Waals surface area contributed by atoms with Gasteiger partial charge < -0.3 is 11.1 Å². The first kappa shape index (κ1) is 16.2. The molecule has 0 aliphatic heterocycles. The van der Waals surface area contributed by atoms with Crippen LogP contribution in [0.25, 0.3) is 0 Å². The summed E-state index contributed by atoms with van der Waals surface area (Å²) >= 11 is 0. The fourth-order valence-corrected chi connectivity index (χ4v) is 2.49. The number of benzene rings is 2. The van der Waals surface area contributed by atoms with Crippen LogP contribution in [0, 0.1) is 0 Å². The Morgan fingerprint density at radius 2 is 1.41 bits per heavy atom. The summed E-state index contributed by atoms with van der Waals surface area (Å²) in [6, 6.07) is 20.1. The summed E-state index contributed by atoms with van der Waals surface area (Å²) in [4.78, 5) is 12.2. The van der Waals surface area contributed by atoms with E-state index in [9.17, 15) is 4.79 Å². The lowest BCUT2D eigenvalue weighted by atomic mass is 9.98. The Kier molecular flexibility index (Phi) is 6.65. The molecule has 2 aromatic rings. The Bertz CT molecular complexity index is 515. The molecule has 3 heteroatoms. The van der Waals surface area contributed by atoms with Crippen molar-refractivity contribution < 1.29 is 4.79 Å². The molecular weight excluding hydrogens is 272 g/mol.